The molecule has 3 heterocycles. The molecule has 4 rings (SSSR count). The fraction of sp³-hybridized carbons (Fsp3) is 0.263. The van der Waals surface area contributed by atoms with Crippen LogP contribution in [0.3, 0.4) is 0 Å². The summed E-state index contributed by atoms with van der Waals surface area (Å²) in [5, 5.41) is 6.60. The van der Waals surface area contributed by atoms with Crippen LogP contribution in [0.25, 0.3) is 11.3 Å². The molecular formula is C19H17Cl2N3O3. The maximum absolute atomic E-state index is 12.5. The first kappa shape index (κ1) is 17.9. The van der Waals surface area contributed by atoms with Crippen molar-refractivity contribution in [2.45, 2.75) is 32.2 Å². The van der Waals surface area contributed by atoms with Crippen molar-refractivity contribution in [2.24, 2.45) is 0 Å². The molecule has 3 aromatic rings. The Morgan fingerprint density at radius 1 is 1.19 bits per heavy atom. The minimum Gasteiger partial charge on any atom is -0.460 e. The molecule has 0 aliphatic carbocycles. The minimum absolute atomic E-state index is 0.000496. The Morgan fingerprint density at radius 3 is 2.67 bits per heavy atom. The van der Waals surface area contributed by atoms with Gasteiger partial charge in [0.05, 0.1) is 16.5 Å². The summed E-state index contributed by atoms with van der Waals surface area (Å²) >= 11 is 12.2. The van der Waals surface area contributed by atoms with Gasteiger partial charge in [-0.15, -0.1) is 0 Å². The number of furan rings is 1. The van der Waals surface area contributed by atoms with Crippen molar-refractivity contribution in [3.63, 3.8) is 0 Å². The molecule has 27 heavy (non-hydrogen) atoms. The number of anilines is 1. The predicted molar refractivity (Wildman–Crippen MR) is 105 cm³/mol. The van der Waals surface area contributed by atoms with Crippen LogP contribution in [0.2, 0.25) is 10.0 Å². The maximum atomic E-state index is 12.5. The zero-order valence-electron chi connectivity index (χ0n) is 14.7. The molecule has 1 aromatic carbocycles. The number of H-pyrrole nitrogens is 1. The van der Waals surface area contributed by atoms with Crippen LogP contribution in [0.4, 0.5) is 5.82 Å². The smallest absolute Gasteiger partial charge is 0.270 e. The van der Waals surface area contributed by atoms with Crippen LogP contribution in [-0.2, 0) is 4.79 Å². The second-order valence-corrected chi connectivity index (χ2v) is 7.64. The zero-order chi connectivity index (χ0) is 19.3. The van der Waals surface area contributed by atoms with Crippen molar-refractivity contribution in [1.82, 2.24) is 9.78 Å². The van der Waals surface area contributed by atoms with Gasteiger partial charge in [-0.1, -0.05) is 23.2 Å². The summed E-state index contributed by atoms with van der Waals surface area (Å²) in [7, 11) is 0. The summed E-state index contributed by atoms with van der Waals surface area (Å²) in [6.07, 6.45) is 0.138. The topological polar surface area (TPSA) is 80.0 Å². The Bertz CT molecular complexity index is 1090. The van der Waals surface area contributed by atoms with E-state index in [9.17, 15) is 9.59 Å². The molecule has 6 nitrogen and oxygen atoms in total. The largest absolute Gasteiger partial charge is 0.460 e. The second-order valence-electron chi connectivity index (χ2n) is 6.80. The summed E-state index contributed by atoms with van der Waals surface area (Å²) in [5.41, 5.74) is 0.971. The van der Waals surface area contributed by atoms with Crippen molar-refractivity contribution in [3.8, 4) is 11.3 Å². The number of carbonyl (C=O) groups excluding carboxylic acids is 1. The molecule has 0 unspecified atom stereocenters. The van der Waals surface area contributed by atoms with Crippen LogP contribution in [-0.4, -0.2) is 15.7 Å². The van der Waals surface area contributed by atoms with Crippen LogP contribution >= 0.6 is 23.2 Å². The van der Waals surface area contributed by atoms with E-state index in [0.29, 0.717) is 38.5 Å². The average molecular weight is 406 g/mol. The highest BCUT2D eigenvalue weighted by atomic mass is 35.5. The van der Waals surface area contributed by atoms with E-state index >= 15 is 0 Å². The lowest BCUT2D eigenvalue weighted by atomic mass is 9.92. The Hall–Kier alpha value is -2.44. The number of halogens is 2. The Morgan fingerprint density at radius 2 is 1.96 bits per heavy atom. The van der Waals surface area contributed by atoms with E-state index in [1.54, 1.807) is 35.0 Å². The number of hydrogen-bond acceptors (Lipinski definition) is 3. The van der Waals surface area contributed by atoms with Gasteiger partial charge in [0.15, 0.2) is 0 Å². The molecule has 0 saturated heterocycles. The average Bonchev–Trinajstić information content (AvgIpc) is 3.19. The van der Waals surface area contributed by atoms with E-state index in [4.69, 9.17) is 27.6 Å². The van der Waals surface area contributed by atoms with Gasteiger partial charge < -0.3 is 9.73 Å². The zero-order valence-corrected chi connectivity index (χ0v) is 16.2. The van der Waals surface area contributed by atoms with E-state index in [2.05, 4.69) is 10.4 Å². The van der Waals surface area contributed by atoms with Gasteiger partial charge in [0.2, 0.25) is 5.91 Å². The van der Waals surface area contributed by atoms with Crippen LogP contribution < -0.4 is 10.9 Å². The summed E-state index contributed by atoms with van der Waals surface area (Å²) in [6.45, 7) is 3.86. The number of benzene rings is 1. The molecule has 140 valence electrons. The van der Waals surface area contributed by atoms with Gasteiger partial charge in [-0.05, 0) is 44.2 Å². The number of carbonyl (C=O) groups is 1. The van der Waals surface area contributed by atoms with E-state index in [1.165, 1.54) is 0 Å². The second kappa shape index (κ2) is 6.62. The van der Waals surface area contributed by atoms with Crippen molar-refractivity contribution in [3.05, 3.63) is 62.1 Å². The number of fused-ring (bicyclic) bond motifs is 1. The third kappa shape index (κ3) is 3.09. The fourth-order valence-corrected chi connectivity index (χ4v) is 3.89. The minimum atomic E-state index is -0.461. The maximum Gasteiger partial charge on any atom is 0.270 e. The lowest BCUT2D eigenvalue weighted by Gasteiger charge is -2.22. The summed E-state index contributed by atoms with van der Waals surface area (Å²) in [6, 6.07) is 8.70. The van der Waals surface area contributed by atoms with Gasteiger partial charge >= 0.3 is 0 Å². The van der Waals surface area contributed by atoms with Gasteiger partial charge in [0.25, 0.3) is 5.56 Å². The van der Waals surface area contributed by atoms with Gasteiger partial charge in [-0.25, -0.2) is 0 Å². The molecule has 0 saturated carbocycles. The third-order valence-corrected chi connectivity index (χ3v) is 5.19. The molecule has 1 aliphatic heterocycles. The molecular weight excluding hydrogens is 389 g/mol. The number of nitrogens with zero attached hydrogens (tertiary/aromatic N) is 1. The van der Waals surface area contributed by atoms with E-state index in [-0.39, 0.29) is 23.9 Å². The number of rotatable bonds is 3. The number of hydrogen-bond donors (Lipinski definition) is 2. The highest BCUT2D eigenvalue weighted by molar-refractivity contribution is 6.36. The van der Waals surface area contributed by atoms with E-state index in [0.717, 1.165) is 0 Å². The van der Waals surface area contributed by atoms with E-state index in [1.807, 2.05) is 13.8 Å². The predicted octanol–water partition coefficient (Wildman–Crippen LogP) is 4.80. The van der Waals surface area contributed by atoms with Crippen LogP contribution in [0.1, 0.15) is 43.6 Å². The van der Waals surface area contributed by atoms with Crippen molar-refractivity contribution in [1.29, 1.82) is 0 Å². The van der Waals surface area contributed by atoms with Crippen LogP contribution in [0.5, 0.6) is 0 Å². The highest BCUT2D eigenvalue weighted by Gasteiger charge is 2.35. The Labute approximate surface area is 165 Å². The van der Waals surface area contributed by atoms with Gasteiger partial charge in [-0.2, -0.15) is 0 Å². The lowest BCUT2D eigenvalue weighted by molar-refractivity contribution is -0.116. The Kier molecular flexibility index (Phi) is 4.40. The standard InChI is InChI=1S/C19H17Cl2N3O3/c1-9(2)24-18-17(19(26)23-24)12(8-16(25)22-18)15-6-5-14(27-15)11-4-3-10(20)7-13(11)21/h3-7,9,12H,8H2,1-2H3,(H,22,25)(H,23,26)/t12-/m0/s1. The van der Waals surface area contributed by atoms with Crippen LogP contribution in [0.15, 0.2) is 39.5 Å². The van der Waals surface area contributed by atoms with E-state index < -0.39 is 5.92 Å². The Balaban J connectivity index is 1.79. The monoisotopic (exact) mass is 405 g/mol. The third-order valence-electron chi connectivity index (χ3n) is 4.64. The van der Waals surface area contributed by atoms with Gasteiger partial charge in [-0.3, -0.25) is 19.4 Å². The molecule has 2 N–H and O–H groups in total. The molecule has 0 bridgehead atoms. The molecule has 2 aromatic heterocycles. The lowest BCUT2D eigenvalue weighted by Crippen LogP contribution is -2.27. The van der Waals surface area contributed by atoms with Crippen molar-refractivity contribution in [2.75, 3.05) is 5.32 Å². The van der Waals surface area contributed by atoms with Gasteiger partial charge in [0, 0.05) is 23.0 Å². The molecule has 1 aliphatic rings. The first-order valence-corrected chi connectivity index (χ1v) is 9.30. The first-order valence-electron chi connectivity index (χ1n) is 8.54. The van der Waals surface area contributed by atoms with Crippen molar-refractivity contribution < 1.29 is 9.21 Å². The molecule has 0 fully saturated rings. The summed E-state index contributed by atoms with van der Waals surface area (Å²) < 4.78 is 7.66. The summed E-state index contributed by atoms with van der Waals surface area (Å²) in [5.74, 6) is 0.970. The summed E-state index contributed by atoms with van der Waals surface area (Å²) in [4.78, 5) is 24.8. The number of nitrogens with one attached hydrogen (secondary N) is 2. The highest BCUT2D eigenvalue weighted by Crippen LogP contribution is 2.39. The molecule has 0 radical (unpaired) electrons. The number of amides is 1. The van der Waals surface area contributed by atoms with Gasteiger partial charge in [0.1, 0.15) is 17.3 Å². The SMILES string of the molecule is CC(C)n1[nH]c(=O)c2c1NC(=O)C[C@H]2c1ccc(-c2ccc(Cl)cc2Cl)o1. The molecule has 8 heteroatoms. The number of aromatic amines is 1. The number of aromatic nitrogens is 2. The van der Waals surface area contributed by atoms with Crippen molar-refractivity contribution >= 4 is 34.9 Å². The fourth-order valence-electron chi connectivity index (χ4n) is 3.39. The molecule has 0 spiro atoms. The quantitative estimate of drug-likeness (QED) is 0.656. The molecule has 1 atom stereocenters. The normalized spacial score (nSPS) is 16.5. The molecule has 1 amide bonds. The van der Waals surface area contributed by atoms with Crippen LogP contribution in [0, 0.1) is 0 Å². The first-order chi connectivity index (χ1) is 12.8.